The van der Waals surface area contributed by atoms with E-state index in [9.17, 15) is 9.59 Å². The van der Waals surface area contributed by atoms with Crippen LogP contribution in [0.25, 0.3) is 0 Å². The molecule has 0 aromatic carbocycles. The van der Waals surface area contributed by atoms with Crippen molar-refractivity contribution >= 4 is 11.8 Å². The molecular formula is C12H22N4O2. The normalized spacial score (nSPS) is 22.9. The van der Waals surface area contributed by atoms with Crippen molar-refractivity contribution in [1.82, 2.24) is 20.7 Å². The number of amides is 2. The van der Waals surface area contributed by atoms with Gasteiger partial charge in [0.15, 0.2) is 0 Å². The molecule has 0 bridgehead atoms. The largest absolute Gasteiger partial charge is 0.345 e. The number of carbonyl (C=O) groups is 2. The topological polar surface area (TPSA) is 64.7 Å². The number of likely N-dealkylation sites (N-methyl/N-ethyl adjacent to an activating group) is 1. The van der Waals surface area contributed by atoms with Crippen LogP contribution in [0, 0.1) is 0 Å². The minimum absolute atomic E-state index is 0.190. The highest BCUT2D eigenvalue weighted by Gasteiger charge is 2.23. The van der Waals surface area contributed by atoms with Crippen molar-refractivity contribution in [2.45, 2.75) is 31.7 Å². The summed E-state index contributed by atoms with van der Waals surface area (Å²) in [5.74, 6) is -1.03. The van der Waals surface area contributed by atoms with Crippen LogP contribution in [0.3, 0.4) is 0 Å². The molecule has 0 radical (unpaired) electrons. The van der Waals surface area contributed by atoms with Gasteiger partial charge in [0.25, 0.3) is 0 Å². The Morgan fingerprint density at radius 3 is 2.22 bits per heavy atom. The van der Waals surface area contributed by atoms with Gasteiger partial charge >= 0.3 is 11.8 Å². The van der Waals surface area contributed by atoms with Crippen molar-refractivity contribution in [3.05, 3.63) is 0 Å². The van der Waals surface area contributed by atoms with Gasteiger partial charge in [-0.1, -0.05) is 12.8 Å². The summed E-state index contributed by atoms with van der Waals surface area (Å²) in [6.07, 6.45) is 4.27. The van der Waals surface area contributed by atoms with E-state index in [1.165, 1.54) is 0 Å². The molecule has 2 N–H and O–H groups in total. The molecule has 0 aromatic heterocycles. The first-order chi connectivity index (χ1) is 8.65. The number of hydrogen-bond acceptors (Lipinski definition) is 4. The Labute approximate surface area is 108 Å². The smallest absolute Gasteiger partial charge is 0.323 e. The molecule has 1 aliphatic carbocycles. The lowest BCUT2D eigenvalue weighted by Gasteiger charge is -2.32. The summed E-state index contributed by atoms with van der Waals surface area (Å²) in [5, 5.41) is 4.60. The van der Waals surface area contributed by atoms with Crippen LogP contribution in [0.5, 0.6) is 0 Å². The van der Waals surface area contributed by atoms with Crippen molar-refractivity contribution in [3.8, 4) is 0 Å². The summed E-state index contributed by atoms with van der Waals surface area (Å²) in [4.78, 5) is 25.6. The summed E-state index contributed by atoms with van der Waals surface area (Å²) in [7, 11) is 2.05. The standard InChI is InChI=1S/C12H22N4O2/c1-15-6-8-16(9-7-15)14-12(18)11(17)13-10-4-2-3-5-10/h10H,2-9H2,1H3,(H,13,17)(H,14,18). The summed E-state index contributed by atoms with van der Waals surface area (Å²) >= 11 is 0. The molecule has 0 spiro atoms. The monoisotopic (exact) mass is 254 g/mol. The Balaban J connectivity index is 1.71. The minimum atomic E-state index is -0.536. The summed E-state index contributed by atoms with van der Waals surface area (Å²) in [5.41, 5.74) is 2.67. The third-order valence-corrected chi connectivity index (χ3v) is 3.66. The lowest BCUT2D eigenvalue weighted by molar-refractivity contribution is -0.143. The molecule has 2 aliphatic rings. The van der Waals surface area contributed by atoms with Crippen LogP contribution in [0.1, 0.15) is 25.7 Å². The van der Waals surface area contributed by atoms with Crippen LogP contribution in [0.4, 0.5) is 0 Å². The molecule has 2 amide bonds. The molecule has 0 aromatic rings. The number of hydrazine groups is 1. The highest BCUT2D eigenvalue weighted by atomic mass is 16.2. The molecule has 18 heavy (non-hydrogen) atoms. The van der Waals surface area contributed by atoms with E-state index in [1.54, 1.807) is 0 Å². The van der Waals surface area contributed by atoms with Crippen molar-refractivity contribution in [1.29, 1.82) is 0 Å². The maximum Gasteiger partial charge on any atom is 0.323 e. The third kappa shape index (κ3) is 3.68. The second-order valence-corrected chi connectivity index (χ2v) is 5.19. The van der Waals surface area contributed by atoms with Crippen LogP contribution >= 0.6 is 0 Å². The minimum Gasteiger partial charge on any atom is -0.345 e. The molecule has 6 heteroatoms. The Hall–Kier alpha value is -1.14. The zero-order chi connectivity index (χ0) is 13.0. The van der Waals surface area contributed by atoms with E-state index < -0.39 is 11.8 Å². The van der Waals surface area contributed by atoms with E-state index in [1.807, 2.05) is 12.1 Å². The van der Waals surface area contributed by atoms with E-state index in [-0.39, 0.29) is 6.04 Å². The van der Waals surface area contributed by atoms with Gasteiger partial charge in [0.2, 0.25) is 0 Å². The molecule has 0 atom stereocenters. The predicted octanol–water partition coefficient (Wildman–Crippen LogP) is -0.676. The van der Waals surface area contributed by atoms with Gasteiger partial charge in [0.1, 0.15) is 0 Å². The number of rotatable bonds is 2. The first-order valence-electron chi connectivity index (χ1n) is 6.70. The van der Waals surface area contributed by atoms with Gasteiger partial charge in [-0.2, -0.15) is 0 Å². The molecule has 1 heterocycles. The summed E-state index contributed by atoms with van der Waals surface area (Å²) < 4.78 is 0. The van der Waals surface area contributed by atoms with Gasteiger partial charge in [-0.3, -0.25) is 15.0 Å². The van der Waals surface area contributed by atoms with Crippen LogP contribution in [-0.4, -0.2) is 61.0 Å². The van der Waals surface area contributed by atoms with Crippen LogP contribution < -0.4 is 10.7 Å². The van der Waals surface area contributed by atoms with E-state index in [2.05, 4.69) is 15.6 Å². The summed E-state index contributed by atoms with van der Waals surface area (Å²) in [6.45, 7) is 3.34. The maximum absolute atomic E-state index is 11.7. The lowest BCUT2D eigenvalue weighted by atomic mass is 10.2. The first-order valence-corrected chi connectivity index (χ1v) is 6.70. The fourth-order valence-electron chi connectivity index (χ4n) is 2.43. The first kappa shape index (κ1) is 13.3. The van der Waals surface area contributed by atoms with Crippen LogP contribution in [-0.2, 0) is 9.59 Å². The van der Waals surface area contributed by atoms with E-state index in [0.717, 1.165) is 51.9 Å². The molecular weight excluding hydrogens is 232 g/mol. The Morgan fingerprint density at radius 1 is 1.00 bits per heavy atom. The Morgan fingerprint density at radius 2 is 1.61 bits per heavy atom. The molecule has 2 fully saturated rings. The second kappa shape index (κ2) is 6.15. The zero-order valence-electron chi connectivity index (χ0n) is 10.9. The molecule has 1 saturated heterocycles. The average molecular weight is 254 g/mol. The Kier molecular flexibility index (Phi) is 4.54. The third-order valence-electron chi connectivity index (χ3n) is 3.66. The quantitative estimate of drug-likeness (QED) is 0.641. The van der Waals surface area contributed by atoms with Gasteiger partial charge in [0.05, 0.1) is 0 Å². The molecule has 6 nitrogen and oxygen atoms in total. The fraction of sp³-hybridized carbons (Fsp3) is 0.833. The van der Waals surface area contributed by atoms with Crippen LogP contribution in [0.2, 0.25) is 0 Å². The van der Waals surface area contributed by atoms with Gasteiger partial charge in [-0.25, -0.2) is 5.01 Å². The van der Waals surface area contributed by atoms with E-state index in [4.69, 9.17) is 0 Å². The highest BCUT2D eigenvalue weighted by molar-refractivity contribution is 6.35. The van der Waals surface area contributed by atoms with Crippen molar-refractivity contribution in [2.75, 3.05) is 33.2 Å². The number of carbonyl (C=O) groups excluding carboxylic acids is 2. The lowest BCUT2D eigenvalue weighted by Crippen LogP contribution is -2.56. The van der Waals surface area contributed by atoms with Gasteiger partial charge < -0.3 is 10.2 Å². The maximum atomic E-state index is 11.7. The van der Waals surface area contributed by atoms with E-state index >= 15 is 0 Å². The zero-order valence-corrected chi connectivity index (χ0v) is 10.9. The van der Waals surface area contributed by atoms with E-state index in [0.29, 0.717) is 0 Å². The predicted molar refractivity (Wildman–Crippen MR) is 67.6 cm³/mol. The van der Waals surface area contributed by atoms with Crippen molar-refractivity contribution in [2.24, 2.45) is 0 Å². The fourth-order valence-corrected chi connectivity index (χ4v) is 2.43. The molecule has 102 valence electrons. The van der Waals surface area contributed by atoms with Gasteiger partial charge in [-0.15, -0.1) is 0 Å². The number of piperazine rings is 1. The number of hydrogen-bond donors (Lipinski definition) is 2. The SMILES string of the molecule is CN1CCN(NC(=O)C(=O)NC2CCCC2)CC1. The average Bonchev–Trinajstić information content (AvgIpc) is 2.85. The van der Waals surface area contributed by atoms with Gasteiger partial charge in [0, 0.05) is 32.2 Å². The molecule has 0 unspecified atom stereocenters. The second-order valence-electron chi connectivity index (χ2n) is 5.19. The number of nitrogens with one attached hydrogen (secondary N) is 2. The number of nitrogens with zero attached hydrogens (tertiary/aromatic N) is 2. The molecule has 2 rings (SSSR count). The van der Waals surface area contributed by atoms with Gasteiger partial charge in [-0.05, 0) is 19.9 Å². The van der Waals surface area contributed by atoms with Crippen molar-refractivity contribution in [3.63, 3.8) is 0 Å². The molecule has 1 saturated carbocycles. The van der Waals surface area contributed by atoms with Crippen molar-refractivity contribution < 1.29 is 9.59 Å². The highest BCUT2D eigenvalue weighted by Crippen LogP contribution is 2.17. The Bertz CT molecular complexity index is 307. The summed E-state index contributed by atoms with van der Waals surface area (Å²) in [6, 6.07) is 0.190. The van der Waals surface area contributed by atoms with Crippen LogP contribution in [0.15, 0.2) is 0 Å². The molecule has 1 aliphatic heterocycles.